The third kappa shape index (κ3) is 3.08. The van der Waals surface area contributed by atoms with E-state index in [1.807, 2.05) is 26.2 Å². The molecule has 0 bridgehead atoms. The smallest absolute Gasteiger partial charge is 0.351 e. The van der Waals surface area contributed by atoms with E-state index in [0.29, 0.717) is 0 Å². The van der Waals surface area contributed by atoms with Crippen molar-refractivity contribution in [1.29, 1.82) is 0 Å². The quantitative estimate of drug-likeness (QED) is 0.524. The van der Waals surface area contributed by atoms with Crippen LogP contribution < -0.4 is 0 Å². The van der Waals surface area contributed by atoms with E-state index < -0.39 is 50.7 Å². The van der Waals surface area contributed by atoms with E-state index in [9.17, 15) is 9.13 Å². The lowest BCUT2D eigenvalue weighted by atomic mass is 11.8. The van der Waals surface area contributed by atoms with Crippen molar-refractivity contribution in [2.45, 2.75) is 37.5 Å². The lowest BCUT2D eigenvalue weighted by Crippen LogP contribution is -2.47. The molecule has 6 nitrogen and oxygen atoms in total. The molecule has 0 N–H and O–H groups in total. The zero-order valence-corrected chi connectivity index (χ0v) is 17.8. The van der Waals surface area contributed by atoms with Crippen LogP contribution in [0.2, 0.25) is 37.5 Å². The third-order valence-corrected chi connectivity index (χ3v) is 27.6. The van der Waals surface area contributed by atoms with Crippen LogP contribution in [0.25, 0.3) is 0 Å². The fraction of sp³-hybridized carbons (Fsp3) is 1.00. The highest BCUT2D eigenvalue weighted by Gasteiger charge is 2.60. The SMILES string of the molecule is C[Si]1(C)C[Si](C)(C)OP(=O)(P2(=O)O[SiH2]C[SiH2]O2)O1. The Morgan fingerprint density at radius 3 is 1.78 bits per heavy atom. The van der Waals surface area contributed by atoms with Crippen molar-refractivity contribution in [3.63, 3.8) is 0 Å². The van der Waals surface area contributed by atoms with Crippen LogP contribution in [0.15, 0.2) is 0 Å². The average molecular weight is 363 g/mol. The molecule has 18 heavy (non-hydrogen) atoms. The van der Waals surface area contributed by atoms with Crippen molar-refractivity contribution < 1.29 is 26.0 Å². The zero-order chi connectivity index (χ0) is 13.7. The van der Waals surface area contributed by atoms with Crippen LogP contribution in [0.1, 0.15) is 0 Å². The van der Waals surface area contributed by atoms with Gasteiger partial charge in [0, 0.05) is 0 Å². The summed E-state index contributed by atoms with van der Waals surface area (Å²) in [5.41, 5.74) is 1.77. The van der Waals surface area contributed by atoms with Gasteiger partial charge < -0.3 is 16.9 Å². The lowest BCUT2D eigenvalue weighted by Gasteiger charge is -2.44. The van der Waals surface area contributed by atoms with E-state index in [1.54, 1.807) is 0 Å². The van der Waals surface area contributed by atoms with Gasteiger partial charge >= 0.3 is 14.6 Å². The molecule has 106 valence electrons. The highest BCUT2D eigenvalue weighted by molar-refractivity contribution is 8.29. The van der Waals surface area contributed by atoms with Crippen molar-refractivity contribution in [3.05, 3.63) is 0 Å². The van der Waals surface area contributed by atoms with E-state index in [4.69, 9.17) is 16.9 Å². The first-order chi connectivity index (χ1) is 8.08. The largest absolute Gasteiger partial charge is 0.420 e. The molecule has 0 amide bonds. The van der Waals surface area contributed by atoms with Crippen LogP contribution in [0.4, 0.5) is 0 Å². The predicted octanol–water partition coefficient (Wildman–Crippen LogP) is 1.87. The Morgan fingerprint density at radius 1 is 0.889 bits per heavy atom. The Bertz CT molecular complexity index is 410. The topological polar surface area (TPSA) is 71.1 Å². The first-order valence-electron chi connectivity index (χ1n) is 5.99. The molecule has 2 heterocycles. The van der Waals surface area contributed by atoms with Crippen molar-refractivity contribution >= 4 is 50.7 Å². The first-order valence-corrected chi connectivity index (χ1v) is 19.2. The molecule has 2 fully saturated rings. The van der Waals surface area contributed by atoms with Gasteiger partial charge in [0.25, 0.3) is 0 Å². The number of hydrogen-bond acceptors (Lipinski definition) is 6. The number of hydrogen-bond donors (Lipinski definition) is 0. The Kier molecular flexibility index (Phi) is 4.21. The Balaban J connectivity index is 2.35. The molecule has 0 radical (unpaired) electrons. The van der Waals surface area contributed by atoms with Crippen molar-refractivity contribution in [2.75, 3.05) is 0 Å². The molecule has 0 aliphatic carbocycles. The van der Waals surface area contributed by atoms with Gasteiger partial charge in [-0.25, -0.2) is 9.13 Å². The molecule has 0 atom stereocenters. The van der Waals surface area contributed by atoms with Gasteiger partial charge in [0.2, 0.25) is 0 Å². The average Bonchev–Trinajstić information content (AvgIpc) is 2.12. The highest BCUT2D eigenvalue weighted by atomic mass is 32.1. The maximum Gasteiger partial charge on any atom is 0.420 e. The molecule has 2 rings (SSSR count). The summed E-state index contributed by atoms with van der Waals surface area (Å²) in [6, 6.07) is 0. The monoisotopic (exact) mass is 362 g/mol. The van der Waals surface area contributed by atoms with Gasteiger partial charge in [0.1, 0.15) is 0 Å². The molecule has 0 aromatic rings. The van der Waals surface area contributed by atoms with Gasteiger partial charge in [-0.15, -0.1) is 0 Å². The maximum absolute atomic E-state index is 12.9. The first kappa shape index (κ1) is 15.6. The second-order valence-corrected chi connectivity index (χ2v) is 26.3. The fourth-order valence-electron chi connectivity index (χ4n) is 2.43. The van der Waals surface area contributed by atoms with E-state index in [1.165, 1.54) is 0 Å². The summed E-state index contributed by atoms with van der Waals surface area (Å²) in [5, 5.41) is 0. The highest BCUT2D eigenvalue weighted by Crippen LogP contribution is 2.86. The standard InChI is InChI=1S/C6H20O6P2Si4/c1-17(2)6-18(3,4)12-14(8,11-17)13(7)9-15-5-16-10-13/h5-6,15-16H2,1-4H3. The number of rotatable bonds is 1. The van der Waals surface area contributed by atoms with Crippen molar-refractivity contribution in [1.82, 2.24) is 0 Å². The van der Waals surface area contributed by atoms with Crippen LogP contribution in [0.3, 0.4) is 0 Å². The summed E-state index contributed by atoms with van der Waals surface area (Å²) >= 11 is 0. The summed E-state index contributed by atoms with van der Waals surface area (Å²) in [4.78, 5) is 0. The molecule has 0 aromatic heterocycles. The van der Waals surface area contributed by atoms with Gasteiger partial charge in [-0.05, 0) is 37.5 Å². The van der Waals surface area contributed by atoms with Crippen LogP contribution in [-0.4, -0.2) is 36.2 Å². The molecule has 0 unspecified atom stereocenters. The zero-order valence-electron chi connectivity index (χ0n) is 11.2. The van der Waals surface area contributed by atoms with Gasteiger partial charge in [-0.2, -0.15) is 0 Å². The normalized spacial score (nSPS) is 40.9. The Hall–Kier alpha value is 1.17. The fourth-order valence-corrected chi connectivity index (χ4v) is 36.2. The van der Waals surface area contributed by atoms with Gasteiger partial charge in [-0.3, -0.25) is 0 Å². The molecular weight excluding hydrogens is 342 g/mol. The van der Waals surface area contributed by atoms with Gasteiger partial charge in [-0.1, -0.05) is 0 Å². The van der Waals surface area contributed by atoms with Crippen molar-refractivity contribution in [3.8, 4) is 0 Å². The second-order valence-electron chi connectivity index (χ2n) is 5.84. The van der Waals surface area contributed by atoms with Crippen LogP contribution in [0, 0.1) is 0 Å². The molecule has 2 aliphatic heterocycles. The van der Waals surface area contributed by atoms with Crippen LogP contribution >= 0.6 is 14.6 Å². The molecule has 0 aromatic carbocycles. The summed E-state index contributed by atoms with van der Waals surface area (Å²) in [6.07, 6.45) is 0. The van der Waals surface area contributed by atoms with Crippen LogP contribution in [-0.2, 0) is 26.0 Å². The summed E-state index contributed by atoms with van der Waals surface area (Å²) < 4.78 is 47.6. The lowest BCUT2D eigenvalue weighted by molar-refractivity contribution is 0.348. The van der Waals surface area contributed by atoms with E-state index >= 15 is 0 Å². The Labute approximate surface area is 114 Å². The van der Waals surface area contributed by atoms with E-state index in [0.717, 1.165) is 11.3 Å². The summed E-state index contributed by atoms with van der Waals surface area (Å²) in [6.45, 7) is 7.95. The molecule has 0 spiro atoms. The minimum Gasteiger partial charge on any atom is -0.351 e. The summed E-state index contributed by atoms with van der Waals surface area (Å²) in [5.74, 6) is 0. The van der Waals surface area contributed by atoms with Gasteiger partial charge in [0.05, 0.1) is 0 Å². The molecular formula is C6H20O6P2Si4. The van der Waals surface area contributed by atoms with E-state index in [-0.39, 0.29) is 0 Å². The third-order valence-electron chi connectivity index (χ3n) is 2.67. The predicted molar refractivity (Wildman–Crippen MR) is 81.2 cm³/mol. The summed E-state index contributed by atoms with van der Waals surface area (Å²) in [7, 11) is -13.4. The van der Waals surface area contributed by atoms with Crippen molar-refractivity contribution in [2.24, 2.45) is 0 Å². The minimum absolute atomic E-state index is 0.846. The van der Waals surface area contributed by atoms with Gasteiger partial charge in [0.15, 0.2) is 36.2 Å². The minimum atomic E-state index is -3.74. The molecule has 12 heteroatoms. The maximum atomic E-state index is 12.9. The molecule has 2 aliphatic rings. The Morgan fingerprint density at radius 2 is 1.33 bits per heavy atom. The second kappa shape index (κ2) is 4.87. The molecule has 0 saturated carbocycles. The van der Waals surface area contributed by atoms with E-state index in [2.05, 4.69) is 0 Å². The van der Waals surface area contributed by atoms with Crippen LogP contribution in [0.5, 0.6) is 0 Å². The molecule has 2 saturated heterocycles.